The molecule has 164 valence electrons. The van der Waals surface area contributed by atoms with Crippen LogP contribution in [0.2, 0.25) is 5.02 Å². The van der Waals surface area contributed by atoms with Crippen molar-refractivity contribution in [3.8, 4) is 0 Å². The highest BCUT2D eigenvalue weighted by Gasteiger charge is 2.31. The summed E-state index contributed by atoms with van der Waals surface area (Å²) in [6, 6.07) is 13.7. The van der Waals surface area contributed by atoms with E-state index in [0.29, 0.717) is 32.7 Å². The Morgan fingerprint density at radius 2 is 1.68 bits per heavy atom. The lowest BCUT2D eigenvalue weighted by Crippen LogP contribution is -2.48. The summed E-state index contributed by atoms with van der Waals surface area (Å²) in [5.74, 6) is 0. The van der Waals surface area contributed by atoms with Gasteiger partial charge in [0.1, 0.15) is 4.90 Å². The number of rotatable bonds is 5. The molecule has 1 aliphatic heterocycles. The van der Waals surface area contributed by atoms with Crippen LogP contribution < -0.4 is 0 Å². The van der Waals surface area contributed by atoms with Gasteiger partial charge in [0.15, 0.2) is 9.84 Å². The highest BCUT2D eigenvalue weighted by molar-refractivity contribution is 7.91. The predicted octanol–water partition coefficient (Wildman–Crippen LogP) is 2.80. The number of aromatic nitrogens is 1. The molecular weight excluding hydrogens is 458 g/mol. The van der Waals surface area contributed by atoms with E-state index in [9.17, 15) is 16.8 Å². The first-order chi connectivity index (χ1) is 14.7. The fourth-order valence-corrected chi connectivity index (χ4v) is 6.36. The van der Waals surface area contributed by atoms with Crippen LogP contribution in [-0.2, 0) is 26.4 Å². The van der Waals surface area contributed by atoms with Crippen molar-refractivity contribution >= 4 is 42.4 Å². The first-order valence-electron chi connectivity index (χ1n) is 9.71. The molecule has 0 radical (unpaired) electrons. The Hall–Kier alpha value is -2.04. The number of benzene rings is 2. The fraction of sp³-hybridized carbons (Fsp3) is 0.286. The average Bonchev–Trinajstić information content (AvgIpc) is 2.74. The van der Waals surface area contributed by atoms with Crippen LogP contribution in [0.15, 0.2) is 64.5 Å². The van der Waals surface area contributed by atoms with Crippen molar-refractivity contribution in [2.45, 2.75) is 16.3 Å². The van der Waals surface area contributed by atoms with Crippen LogP contribution in [0.1, 0.15) is 5.56 Å². The third-order valence-electron chi connectivity index (χ3n) is 5.39. The number of pyridine rings is 1. The highest BCUT2D eigenvalue weighted by atomic mass is 35.5. The normalized spacial score (nSPS) is 16.6. The molecule has 10 heteroatoms. The van der Waals surface area contributed by atoms with Gasteiger partial charge in [-0.05, 0) is 29.8 Å². The second kappa shape index (κ2) is 8.48. The lowest BCUT2D eigenvalue weighted by Gasteiger charge is -2.34. The lowest BCUT2D eigenvalue weighted by atomic mass is 10.1. The molecule has 1 saturated heterocycles. The van der Waals surface area contributed by atoms with Gasteiger partial charge >= 0.3 is 0 Å². The average molecular weight is 480 g/mol. The molecule has 2 heterocycles. The van der Waals surface area contributed by atoms with Crippen molar-refractivity contribution in [1.29, 1.82) is 0 Å². The molecule has 7 nitrogen and oxygen atoms in total. The van der Waals surface area contributed by atoms with Crippen LogP contribution in [0.25, 0.3) is 10.9 Å². The Balaban J connectivity index is 1.51. The highest BCUT2D eigenvalue weighted by Crippen LogP contribution is 2.28. The summed E-state index contributed by atoms with van der Waals surface area (Å²) >= 11 is 6.12. The number of sulfone groups is 1. The van der Waals surface area contributed by atoms with Gasteiger partial charge in [0.25, 0.3) is 0 Å². The molecule has 0 saturated carbocycles. The standard InChI is InChI=1S/C21H22ClN3O4S2/c1-30(26,27)18-7-8-19(22)20(14-18)31(28,29)25-12-10-24(11-13-25)15-17-5-2-4-16-6-3-9-23-21(16)17/h2-9,14H,10-13,15H2,1H3. The molecule has 0 spiro atoms. The number of piperazine rings is 1. The molecule has 0 N–H and O–H groups in total. The minimum Gasteiger partial charge on any atom is -0.296 e. The fourth-order valence-electron chi connectivity index (χ4n) is 3.71. The number of para-hydroxylation sites is 1. The van der Waals surface area contributed by atoms with Gasteiger partial charge in [-0.25, -0.2) is 16.8 Å². The molecule has 2 aromatic carbocycles. The molecule has 4 rings (SSSR count). The maximum absolute atomic E-state index is 13.1. The van der Waals surface area contributed by atoms with E-state index in [4.69, 9.17) is 11.6 Å². The minimum absolute atomic E-state index is 0.0108. The van der Waals surface area contributed by atoms with Gasteiger partial charge in [0.2, 0.25) is 10.0 Å². The van der Waals surface area contributed by atoms with Crippen LogP contribution in [0.4, 0.5) is 0 Å². The lowest BCUT2D eigenvalue weighted by molar-refractivity contribution is 0.182. The summed E-state index contributed by atoms with van der Waals surface area (Å²) in [5, 5.41) is 1.08. The zero-order chi connectivity index (χ0) is 22.2. The van der Waals surface area contributed by atoms with Crippen LogP contribution in [-0.4, -0.2) is 63.5 Å². The summed E-state index contributed by atoms with van der Waals surface area (Å²) in [4.78, 5) is 6.42. The number of hydrogen-bond acceptors (Lipinski definition) is 6. The molecule has 0 amide bonds. The molecule has 31 heavy (non-hydrogen) atoms. The number of hydrogen-bond donors (Lipinski definition) is 0. The van der Waals surface area contributed by atoms with E-state index in [1.807, 2.05) is 30.3 Å². The van der Waals surface area contributed by atoms with Crippen molar-refractivity contribution in [3.05, 3.63) is 65.3 Å². The van der Waals surface area contributed by atoms with E-state index in [-0.39, 0.29) is 14.8 Å². The summed E-state index contributed by atoms with van der Waals surface area (Å²) in [6.45, 7) is 2.35. The molecule has 1 aromatic heterocycles. The Morgan fingerprint density at radius 3 is 2.39 bits per heavy atom. The van der Waals surface area contributed by atoms with Crippen LogP contribution >= 0.6 is 11.6 Å². The van der Waals surface area contributed by atoms with E-state index < -0.39 is 19.9 Å². The summed E-state index contributed by atoms with van der Waals surface area (Å²) in [7, 11) is -7.46. The predicted molar refractivity (Wildman–Crippen MR) is 120 cm³/mol. The van der Waals surface area contributed by atoms with E-state index in [0.717, 1.165) is 28.8 Å². The van der Waals surface area contributed by atoms with E-state index in [2.05, 4.69) is 9.88 Å². The van der Waals surface area contributed by atoms with Crippen molar-refractivity contribution in [2.24, 2.45) is 0 Å². The van der Waals surface area contributed by atoms with Crippen LogP contribution in [0.5, 0.6) is 0 Å². The topological polar surface area (TPSA) is 87.6 Å². The van der Waals surface area contributed by atoms with Gasteiger partial charge in [0, 0.05) is 50.6 Å². The van der Waals surface area contributed by atoms with Crippen molar-refractivity contribution in [2.75, 3.05) is 32.4 Å². The third kappa shape index (κ3) is 4.61. The molecule has 3 aromatic rings. The van der Waals surface area contributed by atoms with E-state index in [1.54, 1.807) is 6.20 Å². The van der Waals surface area contributed by atoms with Crippen LogP contribution in [0, 0.1) is 0 Å². The number of nitrogens with zero attached hydrogens (tertiary/aromatic N) is 3. The second-order valence-corrected chi connectivity index (χ2v) is 11.9. The zero-order valence-electron chi connectivity index (χ0n) is 16.9. The molecule has 0 atom stereocenters. The number of fused-ring (bicyclic) bond motifs is 1. The quantitative estimate of drug-likeness (QED) is 0.559. The largest absolute Gasteiger partial charge is 0.296 e. The van der Waals surface area contributed by atoms with E-state index in [1.165, 1.54) is 16.4 Å². The molecule has 1 aliphatic rings. The van der Waals surface area contributed by atoms with E-state index >= 15 is 0 Å². The molecule has 0 aliphatic carbocycles. The first kappa shape index (κ1) is 22.2. The van der Waals surface area contributed by atoms with Gasteiger partial charge < -0.3 is 0 Å². The summed E-state index contributed by atoms with van der Waals surface area (Å²) in [6.07, 6.45) is 2.80. The first-order valence-corrected chi connectivity index (χ1v) is 13.4. The minimum atomic E-state index is -3.91. The maximum Gasteiger partial charge on any atom is 0.244 e. The summed E-state index contributed by atoms with van der Waals surface area (Å²) < 4.78 is 51.3. The van der Waals surface area contributed by atoms with Gasteiger partial charge in [-0.1, -0.05) is 35.9 Å². The monoisotopic (exact) mass is 479 g/mol. The van der Waals surface area contributed by atoms with Gasteiger partial charge in [0.05, 0.1) is 15.4 Å². The van der Waals surface area contributed by atoms with Crippen LogP contribution in [0.3, 0.4) is 0 Å². The van der Waals surface area contributed by atoms with Crippen molar-refractivity contribution in [1.82, 2.24) is 14.2 Å². The Kier molecular flexibility index (Phi) is 6.06. The molecule has 0 bridgehead atoms. The Morgan fingerprint density at radius 1 is 0.968 bits per heavy atom. The Labute approximate surface area is 187 Å². The number of sulfonamides is 1. The van der Waals surface area contributed by atoms with Crippen molar-refractivity contribution < 1.29 is 16.8 Å². The maximum atomic E-state index is 13.1. The SMILES string of the molecule is CS(=O)(=O)c1ccc(Cl)c(S(=O)(=O)N2CCN(Cc3cccc4cccnc34)CC2)c1. The smallest absolute Gasteiger partial charge is 0.244 e. The molecule has 0 unspecified atom stereocenters. The summed E-state index contributed by atoms with van der Waals surface area (Å²) in [5.41, 5.74) is 2.04. The molecule has 1 fully saturated rings. The van der Waals surface area contributed by atoms with Gasteiger partial charge in [-0.3, -0.25) is 9.88 Å². The molecular formula is C21H22ClN3O4S2. The van der Waals surface area contributed by atoms with Gasteiger partial charge in [-0.15, -0.1) is 0 Å². The van der Waals surface area contributed by atoms with Crippen molar-refractivity contribution in [3.63, 3.8) is 0 Å². The third-order valence-corrected chi connectivity index (χ3v) is 8.88. The Bertz CT molecular complexity index is 1330. The number of halogens is 1. The zero-order valence-corrected chi connectivity index (χ0v) is 19.3. The second-order valence-electron chi connectivity index (χ2n) is 7.54. The van der Waals surface area contributed by atoms with Gasteiger partial charge in [-0.2, -0.15) is 4.31 Å².